The first kappa shape index (κ1) is 21.6. The number of benzene rings is 2. The Morgan fingerprint density at radius 2 is 1.50 bits per heavy atom. The molecule has 0 aromatic heterocycles. The molecule has 0 bridgehead atoms. The summed E-state index contributed by atoms with van der Waals surface area (Å²) in [5.74, 6) is 0.0914. The fourth-order valence-electron chi connectivity index (χ4n) is 3.07. The minimum atomic E-state index is -3.72. The number of nitrogens with zero attached hydrogens (tertiary/aromatic N) is 1. The van der Waals surface area contributed by atoms with Gasteiger partial charge in [-0.05, 0) is 41.3 Å². The third-order valence-electron chi connectivity index (χ3n) is 4.63. The van der Waals surface area contributed by atoms with E-state index in [-0.39, 0.29) is 29.7 Å². The van der Waals surface area contributed by atoms with Crippen LogP contribution >= 0.6 is 23.2 Å². The number of hydrogen-bond acceptors (Lipinski definition) is 4. The molecular weight excluding hydrogens is 441 g/mol. The number of halogens is 2. The lowest BCUT2D eigenvalue weighted by atomic mass is 10.1. The molecule has 0 saturated carbocycles. The Balaban J connectivity index is 1.74. The average molecular weight is 462 g/mol. The molecule has 0 atom stereocenters. The van der Waals surface area contributed by atoms with Crippen LogP contribution in [0, 0.1) is 5.92 Å². The van der Waals surface area contributed by atoms with Crippen molar-refractivity contribution in [3.63, 3.8) is 0 Å². The van der Waals surface area contributed by atoms with Gasteiger partial charge in [0.15, 0.2) is 9.84 Å². The van der Waals surface area contributed by atoms with E-state index in [4.69, 9.17) is 23.2 Å². The van der Waals surface area contributed by atoms with Gasteiger partial charge < -0.3 is 0 Å². The standard InChI is InChI=1S/C19H21Cl2NO4S2/c1-13(2)12-27(23,24)17-10-22(11-17)28(25,26)16-6-3-14(4-7-16)15-5-8-18(20)19(21)9-15/h3-9,13,17H,10-12H2,1-2H3. The van der Waals surface area contributed by atoms with Crippen molar-refractivity contribution in [3.05, 3.63) is 52.5 Å². The first-order chi connectivity index (χ1) is 13.0. The summed E-state index contributed by atoms with van der Waals surface area (Å²) in [5, 5.41) is 0.245. The Morgan fingerprint density at radius 1 is 0.929 bits per heavy atom. The number of rotatable bonds is 6. The van der Waals surface area contributed by atoms with Gasteiger partial charge in [-0.2, -0.15) is 4.31 Å². The quantitative estimate of drug-likeness (QED) is 0.648. The van der Waals surface area contributed by atoms with Crippen LogP contribution in [0.15, 0.2) is 47.4 Å². The molecule has 28 heavy (non-hydrogen) atoms. The van der Waals surface area contributed by atoms with Crippen LogP contribution in [0.3, 0.4) is 0 Å². The van der Waals surface area contributed by atoms with E-state index in [0.717, 1.165) is 11.1 Å². The molecule has 2 aromatic rings. The van der Waals surface area contributed by atoms with E-state index in [0.29, 0.717) is 10.0 Å². The van der Waals surface area contributed by atoms with Gasteiger partial charge in [0, 0.05) is 13.1 Å². The Bertz CT molecular complexity index is 1080. The van der Waals surface area contributed by atoms with E-state index in [1.54, 1.807) is 30.3 Å². The van der Waals surface area contributed by atoms with Crippen molar-refractivity contribution in [2.45, 2.75) is 24.0 Å². The number of hydrogen-bond donors (Lipinski definition) is 0. The molecule has 0 aliphatic carbocycles. The van der Waals surface area contributed by atoms with Crippen LogP contribution in [0.4, 0.5) is 0 Å². The molecular formula is C19H21Cl2NO4S2. The van der Waals surface area contributed by atoms with Crippen LogP contribution in [0.5, 0.6) is 0 Å². The highest BCUT2D eigenvalue weighted by Gasteiger charge is 2.43. The van der Waals surface area contributed by atoms with Crippen molar-refractivity contribution >= 4 is 43.1 Å². The van der Waals surface area contributed by atoms with Crippen molar-refractivity contribution in [1.82, 2.24) is 4.31 Å². The first-order valence-electron chi connectivity index (χ1n) is 8.78. The van der Waals surface area contributed by atoms with Crippen molar-refractivity contribution in [2.24, 2.45) is 5.92 Å². The molecule has 1 aliphatic heterocycles. The van der Waals surface area contributed by atoms with Crippen LogP contribution in [0.1, 0.15) is 13.8 Å². The van der Waals surface area contributed by atoms with E-state index in [1.165, 1.54) is 16.4 Å². The monoisotopic (exact) mass is 461 g/mol. The fourth-order valence-corrected chi connectivity index (χ4v) is 7.10. The van der Waals surface area contributed by atoms with Crippen LogP contribution in [0.25, 0.3) is 11.1 Å². The topological polar surface area (TPSA) is 71.5 Å². The van der Waals surface area contributed by atoms with Crippen LogP contribution < -0.4 is 0 Å². The van der Waals surface area contributed by atoms with Crippen LogP contribution in [-0.2, 0) is 19.9 Å². The number of sulfonamides is 1. The highest BCUT2D eigenvalue weighted by atomic mass is 35.5. The van der Waals surface area contributed by atoms with Gasteiger partial charge in [-0.3, -0.25) is 0 Å². The zero-order valence-electron chi connectivity index (χ0n) is 15.5. The Kier molecular flexibility index (Phi) is 6.13. The maximum Gasteiger partial charge on any atom is 0.243 e. The van der Waals surface area contributed by atoms with Gasteiger partial charge in [0.2, 0.25) is 10.0 Å². The minimum Gasteiger partial charge on any atom is -0.228 e. The summed E-state index contributed by atoms with van der Waals surface area (Å²) in [4.78, 5) is 0.135. The Labute approximate surface area is 176 Å². The van der Waals surface area contributed by atoms with Crippen molar-refractivity contribution in [3.8, 4) is 11.1 Å². The predicted octanol–water partition coefficient (Wildman–Crippen LogP) is 4.10. The van der Waals surface area contributed by atoms with Gasteiger partial charge in [0.05, 0.1) is 25.9 Å². The molecule has 2 aromatic carbocycles. The Morgan fingerprint density at radius 3 is 2.04 bits per heavy atom. The molecule has 1 aliphatic rings. The van der Waals surface area contributed by atoms with Gasteiger partial charge in [0.1, 0.15) is 0 Å². The normalized spacial score (nSPS) is 16.3. The highest BCUT2D eigenvalue weighted by Crippen LogP contribution is 2.31. The van der Waals surface area contributed by atoms with E-state index in [1.807, 2.05) is 13.8 Å². The molecule has 1 heterocycles. The third-order valence-corrected chi connectivity index (χ3v) is 9.66. The molecule has 0 radical (unpaired) electrons. The minimum absolute atomic E-state index is 0.00588. The predicted molar refractivity (Wildman–Crippen MR) is 113 cm³/mol. The lowest BCUT2D eigenvalue weighted by Gasteiger charge is -2.37. The summed E-state index contributed by atoms with van der Waals surface area (Å²) in [7, 11) is -6.99. The van der Waals surface area contributed by atoms with Gasteiger partial charge in [0.25, 0.3) is 0 Å². The lowest BCUT2D eigenvalue weighted by Crippen LogP contribution is -2.57. The smallest absolute Gasteiger partial charge is 0.228 e. The van der Waals surface area contributed by atoms with E-state index < -0.39 is 25.1 Å². The molecule has 0 spiro atoms. The van der Waals surface area contributed by atoms with Crippen LogP contribution in [-0.4, -0.2) is 45.2 Å². The molecule has 5 nitrogen and oxygen atoms in total. The summed E-state index contributed by atoms with van der Waals surface area (Å²) in [6.07, 6.45) is 0. The zero-order valence-corrected chi connectivity index (χ0v) is 18.6. The zero-order chi connectivity index (χ0) is 20.7. The van der Waals surface area contributed by atoms with Crippen molar-refractivity contribution in [1.29, 1.82) is 0 Å². The molecule has 1 fully saturated rings. The van der Waals surface area contributed by atoms with Crippen molar-refractivity contribution < 1.29 is 16.8 Å². The molecule has 1 saturated heterocycles. The van der Waals surface area contributed by atoms with Gasteiger partial charge in [-0.15, -0.1) is 0 Å². The second-order valence-corrected chi connectivity index (χ2v) is 12.4. The number of sulfone groups is 1. The largest absolute Gasteiger partial charge is 0.243 e. The average Bonchev–Trinajstić information content (AvgIpc) is 2.54. The molecule has 9 heteroatoms. The molecule has 3 rings (SSSR count). The van der Waals surface area contributed by atoms with Crippen LogP contribution in [0.2, 0.25) is 10.0 Å². The van der Waals surface area contributed by atoms with Gasteiger partial charge >= 0.3 is 0 Å². The SMILES string of the molecule is CC(C)CS(=O)(=O)C1CN(S(=O)(=O)c2ccc(-c3ccc(Cl)c(Cl)c3)cc2)C1. The maximum absolute atomic E-state index is 12.7. The second-order valence-electron chi connectivity index (χ2n) is 7.32. The molecule has 152 valence electrons. The molecule has 0 unspecified atom stereocenters. The summed E-state index contributed by atoms with van der Waals surface area (Å²) < 4.78 is 51.2. The summed E-state index contributed by atoms with van der Waals surface area (Å²) >= 11 is 12.0. The summed E-state index contributed by atoms with van der Waals surface area (Å²) in [5.41, 5.74) is 1.63. The van der Waals surface area contributed by atoms with E-state index >= 15 is 0 Å². The van der Waals surface area contributed by atoms with Crippen molar-refractivity contribution in [2.75, 3.05) is 18.8 Å². The molecule has 0 amide bonds. The second kappa shape index (κ2) is 7.95. The lowest BCUT2D eigenvalue weighted by molar-refractivity contribution is 0.309. The molecule has 0 N–H and O–H groups in total. The van der Waals surface area contributed by atoms with E-state index in [2.05, 4.69) is 0 Å². The van der Waals surface area contributed by atoms with Gasteiger partial charge in [-0.25, -0.2) is 16.8 Å². The fraction of sp³-hybridized carbons (Fsp3) is 0.368. The summed E-state index contributed by atoms with van der Waals surface area (Å²) in [6, 6.07) is 11.6. The van der Waals surface area contributed by atoms with E-state index in [9.17, 15) is 16.8 Å². The summed E-state index contributed by atoms with van der Waals surface area (Å²) in [6.45, 7) is 3.68. The first-order valence-corrected chi connectivity index (χ1v) is 12.7. The third kappa shape index (κ3) is 4.39. The Hall–Kier alpha value is -1.12. The van der Waals surface area contributed by atoms with Gasteiger partial charge in [-0.1, -0.05) is 55.2 Å². The highest BCUT2D eigenvalue weighted by molar-refractivity contribution is 7.92. The maximum atomic E-state index is 12.7.